The summed E-state index contributed by atoms with van der Waals surface area (Å²) in [6.07, 6.45) is 4.51. The van der Waals surface area contributed by atoms with Crippen molar-refractivity contribution in [3.63, 3.8) is 0 Å². The van der Waals surface area contributed by atoms with Gasteiger partial charge in [0.2, 0.25) is 0 Å². The molecule has 0 radical (unpaired) electrons. The van der Waals surface area contributed by atoms with Crippen LogP contribution in [0, 0.1) is 12.8 Å². The van der Waals surface area contributed by atoms with E-state index in [1.165, 1.54) is 17.7 Å². The Hall–Kier alpha value is -1.35. The second-order valence-electron chi connectivity index (χ2n) is 6.26. The number of halogens is 1. The van der Waals surface area contributed by atoms with E-state index in [9.17, 15) is 0 Å². The zero-order valence-electron chi connectivity index (χ0n) is 15.3. The molecule has 0 amide bonds. The molecule has 0 bridgehead atoms. The molecule has 0 aliphatic heterocycles. The van der Waals surface area contributed by atoms with Gasteiger partial charge in [0.25, 0.3) is 0 Å². The van der Waals surface area contributed by atoms with Crippen molar-refractivity contribution >= 4 is 41.3 Å². The molecule has 142 valence electrons. The highest BCUT2D eigenvalue weighted by atomic mass is 127. The van der Waals surface area contributed by atoms with Crippen molar-refractivity contribution < 1.29 is 4.74 Å². The third-order valence-electron chi connectivity index (χ3n) is 4.00. The van der Waals surface area contributed by atoms with Gasteiger partial charge in [0.15, 0.2) is 5.96 Å². The minimum absolute atomic E-state index is 0. The fraction of sp³-hybridized carbons (Fsp3) is 0.474. The molecule has 26 heavy (non-hydrogen) atoms. The van der Waals surface area contributed by atoms with Gasteiger partial charge < -0.3 is 15.4 Å². The Kier molecular flexibility index (Phi) is 8.64. The van der Waals surface area contributed by atoms with Crippen molar-refractivity contribution in [3.05, 3.63) is 45.9 Å². The van der Waals surface area contributed by atoms with Gasteiger partial charge in [-0.3, -0.25) is 0 Å². The van der Waals surface area contributed by atoms with Gasteiger partial charge in [0, 0.05) is 23.2 Å². The summed E-state index contributed by atoms with van der Waals surface area (Å²) in [6, 6.07) is 8.18. The minimum atomic E-state index is 0. The third-order valence-corrected chi connectivity index (χ3v) is 4.91. The van der Waals surface area contributed by atoms with Crippen molar-refractivity contribution in [3.8, 4) is 5.75 Å². The number of nitrogens with one attached hydrogen (secondary N) is 2. The average Bonchev–Trinajstić information content (AvgIpc) is 3.36. The van der Waals surface area contributed by atoms with Crippen LogP contribution in [-0.4, -0.2) is 24.1 Å². The Morgan fingerprint density at radius 1 is 1.31 bits per heavy atom. The van der Waals surface area contributed by atoms with Gasteiger partial charge in [-0.25, -0.2) is 9.98 Å². The third kappa shape index (κ3) is 6.75. The summed E-state index contributed by atoms with van der Waals surface area (Å²) in [4.78, 5) is 10.2. The topological polar surface area (TPSA) is 58.5 Å². The maximum absolute atomic E-state index is 5.97. The maximum Gasteiger partial charge on any atom is 0.191 e. The fourth-order valence-corrected chi connectivity index (χ4v) is 3.17. The number of para-hydroxylation sites is 1. The Morgan fingerprint density at radius 3 is 2.81 bits per heavy atom. The van der Waals surface area contributed by atoms with E-state index in [0.29, 0.717) is 6.54 Å². The number of nitrogens with zero attached hydrogens (tertiary/aromatic N) is 2. The molecule has 1 aromatic carbocycles. The molecule has 1 aromatic heterocycles. The van der Waals surface area contributed by atoms with Crippen molar-refractivity contribution in [2.24, 2.45) is 10.9 Å². The van der Waals surface area contributed by atoms with E-state index in [1.807, 2.05) is 31.3 Å². The molecule has 1 saturated carbocycles. The number of benzene rings is 1. The first-order valence-electron chi connectivity index (χ1n) is 8.88. The summed E-state index contributed by atoms with van der Waals surface area (Å²) >= 11 is 1.70. The molecule has 5 nitrogen and oxygen atoms in total. The molecule has 0 saturated heterocycles. The van der Waals surface area contributed by atoms with E-state index >= 15 is 0 Å². The summed E-state index contributed by atoms with van der Waals surface area (Å²) < 4.78 is 5.97. The summed E-state index contributed by atoms with van der Waals surface area (Å²) in [6.45, 7) is 7.07. The highest BCUT2D eigenvalue weighted by Gasteiger charge is 2.22. The molecule has 2 aromatic rings. The van der Waals surface area contributed by atoms with Gasteiger partial charge in [-0.1, -0.05) is 18.2 Å². The summed E-state index contributed by atoms with van der Waals surface area (Å²) in [5, 5.41) is 7.74. The number of thiazole rings is 1. The van der Waals surface area contributed by atoms with Crippen molar-refractivity contribution in [1.29, 1.82) is 0 Å². The van der Waals surface area contributed by atoms with Crippen LogP contribution in [0.4, 0.5) is 0 Å². The summed E-state index contributed by atoms with van der Waals surface area (Å²) in [5.41, 5.74) is 1.12. The Bertz CT molecular complexity index is 715. The Balaban J connectivity index is 0.00000243. The lowest BCUT2D eigenvalue weighted by Crippen LogP contribution is -2.36. The van der Waals surface area contributed by atoms with Gasteiger partial charge in [-0.2, -0.15) is 0 Å². The lowest BCUT2D eigenvalue weighted by Gasteiger charge is -2.12. The highest BCUT2D eigenvalue weighted by Crippen LogP contribution is 2.30. The van der Waals surface area contributed by atoms with Crippen LogP contribution in [0.1, 0.15) is 35.2 Å². The Morgan fingerprint density at radius 2 is 2.12 bits per heavy atom. The lowest BCUT2D eigenvalue weighted by atomic mass is 10.2. The zero-order valence-corrected chi connectivity index (χ0v) is 18.5. The first kappa shape index (κ1) is 21.0. The SMILES string of the molecule is CCNC(=NCc1ccccc1OCC1CC1)NCc1cnc(C)s1.I. The smallest absolute Gasteiger partial charge is 0.191 e. The van der Waals surface area contributed by atoms with Crippen LogP contribution >= 0.6 is 35.3 Å². The molecular weight excluding hydrogens is 459 g/mol. The largest absolute Gasteiger partial charge is 0.493 e. The summed E-state index contributed by atoms with van der Waals surface area (Å²) in [7, 11) is 0. The molecule has 7 heteroatoms. The van der Waals surface area contributed by atoms with Crippen LogP contribution in [0.2, 0.25) is 0 Å². The quantitative estimate of drug-likeness (QED) is 0.335. The molecule has 0 spiro atoms. The maximum atomic E-state index is 5.97. The Labute approximate surface area is 176 Å². The second-order valence-corrected chi connectivity index (χ2v) is 7.58. The zero-order chi connectivity index (χ0) is 17.5. The number of ether oxygens (including phenoxy) is 1. The molecule has 1 aliphatic rings. The normalized spacial score (nSPS) is 13.8. The van der Waals surface area contributed by atoms with Crippen LogP contribution in [0.3, 0.4) is 0 Å². The molecule has 0 atom stereocenters. The van der Waals surface area contributed by atoms with Gasteiger partial charge >= 0.3 is 0 Å². The van der Waals surface area contributed by atoms with E-state index in [1.54, 1.807) is 11.3 Å². The highest BCUT2D eigenvalue weighted by molar-refractivity contribution is 14.0. The first-order valence-corrected chi connectivity index (χ1v) is 9.70. The van der Waals surface area contributed by atoms with E-state index in [0.717, 1.165) is 47.9 Å². The van der Waals surface area contributed by atoms with E-state index in [2.05, 4.69) is 28.6 Å². The van der Waals surface area contributed by atoms with E-state index in [-0.39, 0.29) is 24.0 Å². The fourth-order valence-electron chi connectivity index (χ4n) is 2.43. The number of hydrogen-bond donors (Lipinski definition) is 2. The lowest BCUT2D eigenvalue weighted by molar-refractivity contribution is 0.297. The van der Waals surface area contributed by atoms with Gasteiger partial charge in [-0.05, 0) is 38.7 Å². The number of aliphatic imine (C=N–C) groups is 1. The number of rotatable bonds is 8. The second kappa shape index (κ2) is 10.7. The predicted octanol–water partition coefficient (Wildman–Crippen LogP) is 4.11. The van der Waals surface area contributed by atoms with Gasteiger partial charge in [0.05, 0.1) is 24.7 Å². The molecule has 1 heterocycles. The first-order chi connectivity index (χ1) is 12.2. The molecule has 1 aliphatic carbocycles. The predicted molar refractivity (Wildman–Crippen MR) is 119 cm³/mol. The van der Waals surface area contributed by atoms with Crippen molar-refractivity contribution in [2.75, 3.05) is 13.2 Å². The van der Waals surface area contributed by atoms with Crippen molar-refractivity contribution in [2.45, 2.75) is 39.8 Å². The molecule has 0 unspecified atom stereocenters. The van der Waals surface area contributed by atoms with Gasteiger partial charge in [0.1, 0.15) is 5.75 Å². The van der Waals surface area contributed by atoms with Crippen LogP contribution in [0.25, 0.3) is 0 Å². The standard InChI is InChI=1S/C19H26N4OS.HI/c1-3-20-19(23-12-17-11-21-14(2)25-17)22-10-16-6-4-5-7-18(16)24-13-15-8-9-15;/h4-7,11,15H,3,8-10,12-13H2,1-2H3,(H2,20,22,23);1H. The number of guanidine groups is 1. The van der Waals surface area contributed by atoms with Crippen LogP contribution in [0.5, 0.6) is 5.75 Å². The molecule has 3 rings (SSSR count). The minimum Gasteiger partial charge on any atom is -0.493 e. The monoisotopic (exact) mass is 486 g/mol. The number of aryl methyl sites for hydroxylation is 1. The van der Waals surface area contributed by atoms with Gasteiger partial charge in [-0.15, -0.1) is 35.3 Å². The molecular formula is C19H27IN4OS. The van der Waals surface area contributed by atoms with Crippen LogP contribution in [0.15, 0.2) is 35.5 Å². The van der Waals surface area contributed by atoms with Crippen LogP contribution < -0.4 is 15.4 Å². The number of hydrogen-bond acceptors (Lipinski definition) is 4. The summed E-state index contributed by atoms with van der Waals surface area (Å²) in [5.74, 6) is 2.51. The van der Waals surface area contributed by atoms with Crippen LogP contribution in [-0.2, 0) is 13.1 Å². The molecule has 2 N–H and O–H groups in total. The van der Waals surface area contributed by atoms with E-state index in [4.69, 9.17) is 9.73 Å². The van der Waals surface area contributed by atoms with E-state index < -0.39 is 0 Å². The average molecular weight is 486 g/mol. The molecule has 1 fully saturated rings. The number of aromatic nitrogens is 1. The van der Waals surface area contributed by atoms with Crippen molar-refractivity contribution in [1.82, 2.24) is 15.6 Å².